The Morgan fingerprint density at radius 2 is 2.00 bits per heavy atom. The topological polar surface area (TPSA) is 37.8 Å². The van der Waals surface area contributed by atoms with E-state index in [-0.39, 0.29) is 5.82 Å². The smallest absolute Gasteiger partial charge is 0.324 e. The minimum atomic E-state index is -4.06. The Kier molecular flexibility index (Phi) is 3.43. The van der Waals surface area contributed by atoms with Crippen molar-refractivity contribution in [1.82, 2.24) is 10.2 Å². The van der Waals surface area contributed by atoms with Crippen LogP contribution in [0.3, 0.4) is 0 Å². The first-order valence-electron chi connectivity index (χ1n) is 4.12. The van der Waals surface area contributed by atoms with Gasteiger partial charge in [0, 0.05) is 0 Å². The number of alkyl halides is 4. The number of hydrogen-bond acceptors (Lipinski definition) is 3. The minimum absolute atomic E-state index is 0.0425. The molecular weight excluding hydrogens is 214 g/mol. The summed E-state index contributed by atoms with van der Waals surface area (Å²) in [6.07, 6.45) is -3.69. The van der Waals surface area contributed by atoms with Gasteiger partial charge in [-0.2, -0.15) is 13.9 Å². The van der Waals surface area contributed by atoms with Gasteiger partial charge in [-0.15, -0.1) is 5.10 Å². The number of nitrogens with one attached hydrogen (secondary N) is 1. The molecule has 0 saturated heterocycles. The van der Waals surface area contributed by atoms with Gasteiger partial charge in [0.25, 0.3) is 0 Å². The Hall–Kier alpha value is -1.40. The predicted octanol–water partition coefficient (Wildman–Crippen LogP) is 2.10. The van der Waals surface area contributed by atoms with Crippen molar-refractivity contribution in [3.63, 3.8) is 0 Å². The highest BCUT2D eigenvalue weighted by molar-refractivity contribution is 5.33. The maximum Gasteiger partial charge on any atom is 0.324 e. The van der Waals surface area contributed by atoms with E-state index >= 15 is 0 Å². The quantitative estimate of drug-likeness (QED) is 0.794. The summed E-state index contributed by atoms with van der Waals surface area (Å²) < 4.78 is 48.4. The van der Waals surface area contributed by atoms with Crippen LogP contribution in [0.25, 0.3) is 0 Å². The van der Waals surface area contributed by atoms with Crippen molar-refractivity contribution in [2.75, 3.05) is 11.9 Å². The predicted molar refractivity (Wildman–Crippen MR) is 46.2 cm³/mol. The zero-order valence-corrected chi connectivity index (χ0v) is 7.85. The summed E-state index contributed by atoms with van der Waals surface area (Å²) in [4.78, 5) is 0. The fourth-order valence-electron chi connectivity index (χ4n) is 0.779. The third kappa shape index (κ3) is 3.34. The normalized spacial score (nSPS) is 11.9. The van der Waals surface area contributed by atoms with Crippen LogP contribution in [0, 0.1) is 6.92 Å². The second-order valence-corrected chi connectivity index (χ2v) is 2.98. The summed E-state index contributed by atoms with van der Waals surface area (Å²) in [5.74, 6) is -4.02. The highest BCUT2D eigenvalue weighted by atomic mass is 19.3. The zero-order chi connectivity index (χ0) is 11.5. The fraction of sp³-hybridized carbons (Fsp3) is 0.500. The van der Waals surface area contributed by atoms with Gasteiger partial charge in [0.2, 0.25) is 0 Å². The molecule has 1 aromatic rings. The summed E-state index contributed by atoms with van der Waals surface area (Å²) in [6, 6.07) is 2.93. The molecule has 0 amide bonds. The van der Waals surface area contributed by atoms with Crippen LogP contribution >= 0.6 is 0 Å². The largest absolute Gasteiger partial charge is 0.362 e. The Labute approximate surface area is 83.5 Å². The number of anilines is 1. The fourth-order valence-corrected chi connectivity index (χ4v) is 0.779. The van der Waals surface area contributed by atoms with Crippen LogP contribution < -0.4 is 5.32 Å². The van der Waals surface area contributed by atoms with Crippen LogP contribution in [0.2, 0.25) is 0 Å². The first-order valence-corrected chi connectivity index (χ1v) is 4.12. The van der Waals surface area contributed by atoms with E-state index < -0.39 is 18.9 Å². The van der Waals surface area contributed by atoms with Crippen LogP contribution in [0.15, 0.2) is 12.1 Å². The molecular formula is C8H9F4N3. The average molecular weight is 223 g/mol. The second-order valence-electron chi connectivity index (χ2n) is 2.98. The molecule has 0 aliphatic heterocycles. The molecule has 15 heavy (non-hydrogen) atoms. The van der Waals surface area contributed by atoms with Crippen LogP contribution in [-0.4, -0.2) is 29.1 Å². The number of hydrogen-bond donors (Lipinski definition) is 1. The molecule has 3 nitrogen and oxygen atoms in total. The van der Waals surface area contributed by atoms with Crippen molar-refractivity contribution in [2.45, 2.75) is 19.3 Å². The van der Waals surface area contributed by atoms with Crippen LogP contribution in [-0.2, 0) is 0 Å². The minimum Gasteiger partial charge on any atom is -0.362 e. The molecule has 1 rings (SSSR count). The maximum atomic E-state index is 12.5. The van der Waals surface area contributed by atoms with Crippen LogP contribution in [0.5, 0.6) is 0 Å². The SMILES string of the molecule is Cc1ccc(NCC(F)(F)C(F)F)nn1. The van der Waals surface area contributed by atoms with Crippen LogP contribution in [0.4, 0.5) is 23.4 Å². The Balaban J connectivity index is 2.54. The molecule has 0 fully saturated rings. The van der Waals surface area contributed by atoms with Crippen LogP contribution in [0.1, 0.15) is 5.69 Å². The lowest BCUT2D eigenvalue weighted by Crippen LogP contribution is -2.35. The van der Waals surface area contributed by atoms with Gasteiger partial charge in [-0.05, 0) is 19.1 Å². The third-order valence-electron chi connectivity index (χ3n) is 1.62. The summed E-state index contributed by atoms with van der Waals surface area (Å²) >= 11 is 0. The van der Waals surface area contributed by atoms with Gasteiger partial charge in [0.1, 0.15) is 5.82 Å². The molecule has 0 spiro atoms. The van der Waals surface area contributed by atoms with E-state index in [1.807, 2.05) is 0 Å². The zero-order valence-electron chi connectivity index (χ0n) is 7.85. The number of aryl methyl sites for hydroxylation is 1. The molecule has 0 aromatic carbocycles. The number of halogens is 4. The summed E-state index contributed by atoms with van der Waals surface area (Å²) in [7, 11) is 0. The Bertz CT molecular complexity index is 312. The Morgan fingerprint density at radius 1 is 1.33 bits per heavy atom. The molecule has 0 bridgehead atoms. The number of nitrogens with zero attached hydrogens (tertiary/aromatic N) is 2. The first kappa shape index (κ1) is 11.7. The molecule has 1 N–H and O–H groups in total. The lowest BCUT2D eigenvalue weighted by molar-refractivity contribution is -0.117. The molecule has 0 aliphatic rings. The molecule has 0 saturated carbocycles. The monoisotopic (exact) mass is 223 g/mol. The molecule has 0 atom stereocenters. The molecule has 1 heterocycles. The molecule has 1 aromatic heterocycles. The van der Waals surface area contributed by atoms with Gasteiger partial charge in [-0.1, -0.05) is 0 Å². The van der Waals surface area contributed by atoms with Crippen molar-refractivity contribution in [3.8, 4) is 0 Å². The standard InChI is InChI=1S/C8H9F4N3/c1-5-2-3-6(15-14-5)13-4-8(11,12)7(9)10/h2-3,7H,4H2,1H3,(H,13,15). The van der Waals surface area contributed by atoms with E-state index in [2.05, 4.69) is 15.5 Å². The van der Waals surface area contributed by atoms with Crippen molar-refractivity contribution < 1.29 is 17.6 Å². The number of aromatic nitrogens is 2. The summed E-state index contributed by atoms with van der Waals surface area (Å²) in [6.45, 7) is 0.507. The van der Waals surface area contributed by atoms with Gasteiger partial charge < -0.3 is 5.32 Å². The first-order chi connectivity index (χ1) is 6.92. The summed E-state index contributed by atoms with van der Waals surface area (Å²) in [5, 5.41) is 9.17. The highest BCUT2D eigenvalue weighted by Gasteiger charge is 2.40. The summed E-state index contributed by atoms with van der Waals surface area (Å²) in [5.41, 5.74) is 0.612. The van der Waals surface area contributed by atoms with E-state index in [1.165, 1.54) is 12.1 Å². The maximum absolute atomic E-state index is 12.5. The third-order valence-corrected chi connectivity index (χ3v) is 1.62. The lowest BCUT2D eigenvalue weighted by atomic mass is 10.3. The lowest BCUT2D eigenvalue weighted by Gasteiger charge is -2.15. The van der Waals surface area contributed by atoms with Crippen molar-refractivity contribution in [1.29, 1.82) is 0 Å². The molecule has 0 unspecified atom stereocenters. The highest BCUT2D eigenvalue weighted by Crippen LogP contribution is 2.22. The molecule has 0 radical (unpaired) electrons. The second kappa shape index (κ2) is 4.41. The van der Waals surface area contributed by atoms with E-state index in [0.717, 1.165) is 0 Å². The van der Waals surface area contributed by atoms with E-state index in [1.54, 1.807) is 6.92 Å². The van der Waals surface area contributed by atoms with E-state index in [0.29, 0.717) is 5.69 Å². The van der Waals surface area contributed by atoms with E-state index in [9.17, 15) is 17.6 Å². The van der Waals surface area contributed by atoms with Crippen molar-refractivity contribution >= 4 is 5.82 Å². The Morgan fingerprint density at radius 3 is 2.47 bits per heavy atom. The van der Waals surface area contributed by atoms with Gasteiger partial charge in [-0.25, -0.2) is 8.78 Å². The molecule has 7 heteroatoms. The van der Waals surface area contributed by atoms with Gasteiger partial charge >= 0.3 is 12.3 Å². The average Bonchev–Trinajstić information content (AvgIpc) is 2.17. The van der Waals surface area contributed by atoms with Gasteiger partial charge in [0.05, 0.1) is 12.2 Å². The van der Waals surface area contributed by atoms with Gasteiger partial charge in [-0.3, -0.25) is 0 Å². The van der Waals surface area contributed by atoms with E-state index in [4.69, 9.17) is 0 Å². The molecule has 0 aliphatic carbocycles. The number of rotatable bonds is 4. The van der Waals surface area contributed by atoms with Crippen molar-refractivity contribution in [2.24, 2.45) is 0 Å². The molecule has 84 valence electrons. The van der Waals surface area contributed by atoms with Gasteiger partial charge in [0.15, 0.2) is 0 Å². The van der Waals surface area contributed by atoms with Crippen molar-refractivity contribution in [3.05, 3.63) is 17.8 Å².